The first kappa shape index (κ1) is 15.6. The number of amides is 1. The van der Waals surface area contributed by atoms with Crippen LogP contribution in [0.25, 0.3) is 11.0 Å². The minimum atomic E-state index is -0.108. The highest BCUT2D eigenvalue weighted by Gasteiger charge is 2.30. The van der Waals surface area contributed by atoms with Gasteiger partial charge in [-0.15, -0.1) is 0 Å². The molecule has 0 radical (unpaired) electrons. The molecular formula is C19H19N3O3. The number of aryl methyl sites for hydroxylation is 2. The van der Waals surface area contributed by atoms with Gasteiger partial charge in [-0.25, -0.2) is 9.97 Å². The third-order valence-electron chi connectivity index (χ3n) is 4.30. The molecule has 6 heteroatoms. The molecule has 3 heterocycles. The quantitative estimate of drug-likeness (QED) is 0.734. The van der Waals surface area contributed by atoms with Crippen molar-refractivity contribution in [2.75, 3.05) is 13.1 Å². The van der Waals surface area contributed by atoms with E-state index in [2.05, 4.69) is 9.97 Å². The van der Waals surface area contributed by atoms with Crippen LogP contribution >= 0.6 is 0 Å². The number of benzene rings is 1. The van der Waals surface area contributed by atoms with Crippen LogP contribution in [0.5, 0.6) is 6.01 Å². The predicted molar refractivity (Wildman–Crippen MR) is 92.7 cm³/mol. The Bertz CT molecular complexity index is 881. The van der Waals surface area contributed by atoms with E-state index in [4.69, 9.17) is 9.15 Å². The minimum absolute atomic E-state index is 0.102. The van der Waals surface area contributed by atoms with Crippen molar-refractivity contribution in [1.29, 1.82) is 0 Å². The van der Waals surface area contributed by atoms with Crippen LogP contribution in [0.1, 0.15) is 28.4 Å². The number of rotatable bonds is 3. The maximum Gasteiger partial charge on any atom is 0.317 e. The second kappa shape index (κ2) is 6.20. The Labute approximate surface area is 145 Å². The molecule has 1 aliphatic rings. The predicted octanol–water partition coefficient (Wildman–Crippen LogP) is 3.13. The van der Waals surface area contributed by atoms with Crippen LogP contribution in [0, 0.1) is 13.8 Å². The monoisotopic (exact) mass is 337 g/mol. The average Bonchev–Trinajstić information content (AvgIpc) is 3.19. The fourth-order valence-electron chi connectivity index (χ4n) is 3.15. The van der Waals surface area contributed by atoms with Crippen molar-refractivity contribution in [3.63, 3.8) is 0 Å². The van der Waals surface area contributed by atoms with Crippen molar-refractivity contribution >= 4 is 16.9 Å². The van der Waals surface area contributed by atoms with Gasteiger partial charge in [0.05, 0.1) is 6.54 Å². The van der Waals surface area contributed by atoms with Gasteiger partial charge in [0.2, 0.25) is 0 Å². The second-order valence-corrected chi connectivity index (χ2v) is 6.36. The zero-order valence-electron chi connectivity index (χ0n) is 14.2. The summed E-state index contributed by atoms with van der Waals surface area (Å²) in [5, 5.41) is 0.932. The van der Waals surface area contributed by atoms with Gasteiger partial charge in [0.25, 0.3) is 5.91 Å². The van der Waals surface area contributed by atoms with E-state index < -0.39 is 0 Å². The van der Waals surface area contributed by atoms with Gasteiger partial charge < -0.3 is 14.1 Å². The summed E-state index contributed by atoms with van der Waals surface area (Å²) < 4.78 is 11.5. The molecule has 1 aliphatic heterocycles. The Balaban J connectivity index is 1.45. The maximum atomic E-state index is 12.7. The molecule has 0 spiro atoms. The number of hydrogen-bond donors (Lipinski definition) is 0. The average molecular weight is 337 g/mol. The maximum absolute atomic E-state index is 12.7. The van der Waals surface area contributed by atoms with Crippen LogP contribution in [0.3, 0.4) is 0 Å². The lowest BCUT2D eigenvalue weighted by molar-refractivity contribution is 0.0740. The number of likely N-dealkylation sites (tertiary alicyclic amines) is 1. The molecule has 25 heavy (non-hydrogen) atoms. The highest BCUT2D eigenvalue weighted by Crippen LogP contribution is 2.23. The number of fused-ring (bicyclic) bond motifs is 1. The van der Waals surface area contributed by atoms with Crippen LogP contribution in [-0.2, 0) is 0 Å². The number of furan rings is 1. The summed E-state index contributed by atoms with van der Waals surface area (Å²) in [4.78, 5) is 23.0. The van der Waals surface area contributed by atoms with Gasteiger partial charge in [0, 0.05) is 29.7 Å². The van der Waals surface area contributed by atoms with E-state index in [0.29, 0.717) is 24.9 Å². The number of aromatic nitrogens is 2. The number of nitrogens with zero attached hydrogens (tertiary/aromatic N) is 3. The van der Waals surface area contributed by atoms with E-state index in [1.807, 2.05) is 44.2 Å². The van der Waals surface area contributed by atoms with Gasteiger partial charge in [-0.3, -0.25) is 4.79 Å². The summed E-state index contributed by atoms with van der Waals surface area (Å²) in [6.45, 7) is 4.96. The molecule has 0 N–H and O–H groups in total. The van der Waals surface area contributed by atoms with Gasteiger partial charge in [0.1, 0.15) is 11.7 Å². The molecule has 0 bridgehead atoms. The molecule has 0 saturated carbocycles. The third-order valence-corrected chi connectivity index (χ3v) is 4.30. The molecule has 1 saturated heterocycles. The lowest BCUT2D eigenvalue weighted by Gasteiger charge is -2.15. The minimum Gasteiger partial charge on any atom is -0.458 e. The molecule has 1 amide bonds. The number of carbonyl (C=O) groups excluding carboxylic acids is 1. The fraction of sp³-hybridized carbons (Fsp3) is 0.316. The largest absolute Gasteiger partial charge is 0.458 e. The topological polar surface area (TPSA) is 68.5 Å². The van der Waals surface area contributed by atoms with Crippen molar-refractivity contribution in [1.82, 2.24) is 14.9 Å². The molecule has 4 rings (SSSR count). The van der Waals surface area contributed by atoms with E-state index in [1.54, 1.807) is 11.0 Å². The Hall–Kier alpha value is -2.89. The summed E-state index contributed by atoms with van der Waals surface area (Å²) in [5.41, 5.74) is 2.47. The molecule has 6 nitrogen and oxygen atoms in total. The normalized spacial score (nSPS) is 17.2. The number of ether oxygens (including phenoxy) is 1. The highest BCUT2D eigenvalue weighted by atomic mass is 16.5. The van der Waals surface area contributed by atoms with Gasteiger partial charge >= 0.3 is 6.01 Å². The van der Waals surface area contributed by atoms with Crippen LogP contribution in [0.4, 0.5) is 0 Å². The van der Waals surface area contributed by atoms with Gasteiger partial charge in [-0.2, -0.15) is 0 Å². The molecule has 128 valence electrons. The van der Waals surface area contributed by atoms with Crippen LogP contribution in [0.15, 0.2) is 40.8 Å². The van der Waals surface area contributed by atoms with Crippen LogP contribution in [0.2, 0.25) is 0 Å². The summed E-state index contributed by atoms with van der Waals surface area (Å²) in [5.74, 6) is 0.258. The lowest BCUT2D eigenvalue weighted by atomic mass is 10.2. The first-order chi connectivity index (χ1) is 12.1. The second-order valence-electron chi connectivity index (χ2n) is 6.36. The van der Waals surface area contributed by atoms with Crippen molar-refractivity contribution in [2.24, 2.45) is 0 Å². The first-order valence-corrected chi connectivity index (χ1v) is 8.35. The molecule has 2 aromatic heterocycles. The first-order valence-electron chi connectivity index (χ1n) is 8.35. The molecule has 1 aromatic carbocycles. The molecular weight excluding hydrogens is 318 g/mol. The molecule has 0 unspecified atom stereocenters. The number of para-hydroxylation sites is 1. The Morgan fingerprint density at radius 1 is 1.20 bits per heavy atom. The zero-order valence-corrected chi connectivity index (χ0v) is 14.2. The summed E-state index contributed by atoms with van der Waals surface area (Å²) in [7, 11) is 0. The Morgan fingerprint density at radius 3 is 2.72 bits per heavy atom. The third kappa shape index (κ3) is 3.20. The standard InChI is InChI=1S/C19H19N3O3/c1-12-9-13(2)21-19(20-12)24-15-7-8-22(11-15)18(23)17-10-14-5-3-4-6-16(14)25-17/h3-6,9-10,15H,7-8,11H2,1-2H3/t15-/m1/s1. The smallest absolute Gasteiger partial charge is 0.317 e. The Morgan fingerprint density at radius 2 is 1.96 bits per heavy atom. The van der Waals surface area contributed by atoms with Crippen molar-refractivity contribution in [2.45, 2.75) is 26.4 Å². The molecule has 1 fully saturated rings. The van der Waals surface area contributed by atoms with E-state index in [9.17, 15) is 4.79 Å². The van der Waals surface area contributed by atoms with Crippen molar-refractivity contribution in [3.05, 3.63) is 53.5 Å². The van der Waals surface area contributed by atoms with Gasteiger partial charge in [-0.1, -0.05) is 18.2 Å². The van der Waals surface area contributed by atoms with Crippen molar-refractivity contribution in [3.8, 4) is 6.01 Å². The molecule has 0 aliphatic carbocycles. The van der Waals surface area contributed by atoms with Crippen LogP contribution in [-0.4, -0.2) is 40.0 Å². The van der Waals surface area contributed by atoms with E-state index in [0.717, 1.165) is 28.8 Å². The SMILES string of the molecule is Cc1cc(C)nc(O[C@@H]2CCN(C(=O)c3cc4ccccc4o3)C2)n1. The number of hydrogen-bond acceptors (Lipinski definition) is 5. The van der Waals surface area contributed by atoms with E-state index in [1.165, 1.54) is 0 Å². The highest BCUT2D eigenvalue weighted by molar-refractivity contribution is 5.96. The Kier molecular flexibility index (Phi) is 3.87. The lowest BCUT2D eigenvalue weighted by Crippen LogP contribution is -2.30. The van der Waals surface area contributed by atoms with E-state index in [-0.39, 0.29) is 12.0 Å². The molecule has 3 aromatic rings. The van der Waals surface area contributed by atoms with E-state index >= 15 is 0 Å². The number of carbonyl (C=O) groups is 1. The summed E-state index contributed by atoms with van der Waals surface area (Å²) in [6.07, 6.45) is 0.650. The zero-order chi connectivity index (χ0) is 17.4. The molecule has 1 atom stereocenters. The summed E-state index contributed by atoms with van der Waals surface area (Å²) >= 11 is 0. The van der Waals surface area contributed by atoms with Crippen LogP contribution < -0.4 is 4.74 Å². The summed E-state index contributed by atoms with van der Waals surface area (Å²) in [6, 6.07) is 11.7. The fourth-order valence-corrected chi connectivity index (χ4v) is 3.15. The van der Waals surface area contributed by atoms with Gasteiger partial charge in [0.15, 0.2) is 5.76 Å². The van der Waals surface area contributed by atoms with Gasteiger partial charge in [-0.05, 0) is 32.0 Å². The van der Waals surface area contributed by atoms with Crippen molar-refractivity contribution < 1.29 is 13.9 Å².